The van der Waals surface area contributed by atoms with Crippen molar-refractivity contribution in [2.45, 2.75) is 25.0 Å². The number of hydrogen-bond donors (Lipinski definition) is 2. The molecule has 4 nitrogen and oxygen atoms in total. The maximum absolute atomic E-state index is 12.8. The molecule has 3 N–H and O–H groups in total. The predicted octanol–water partition coefficient (Wildman–Crippen LogP) is 1.58. The Labute approximate surface area is 106 Å². The molecule has 0 heterocycles. The minimum Gasteiger partial charge on any atom is -0.375 e. The van der Waals surface area contributed by atoms with Crippen molar-refractivity contribution in [3.8, 4) is 0 Å². The summed E-state index contributed by atoms with van der Waals surface area (Å²) in [6, 6.07) is 6.71. The Morgan fingerprint density at radius 2 is 2.17 bits per heavy atom. The number of aliphatic imine (C=N–C) groups is 1. The van der Waals surface area contributed by atoms with Gasteiger partial charge in [-0.1, -0.05) is 12.1 Å². The molecule has 1 aromatic carbocycles. The average molecular weight is 251 g/mol. The van der Waals surface area contributed by atoms with Crippen molar-refractivity contribution in [3.05, 3.63) is 35.6 Å². The number of ether oxygens (including phenoxy) is 1. The number of nitrogens with one attached hydrogen (secondary N) is 1. The first kappa shape index (κ1) is 12.8. The van der Waals surface area contributed by atoms with E-state index in [0.29, 0.717) is 18.5 Å². The van der Waals surface area contributed by atoms with Gasteiger partial charge >= 0.3 is 0 Å². The Hall–Kier alpha value is -1.62. The third-order valence-corrected chi connectivity index (χ3v) is 2.88. The van der Waals surface area contributed by atoms with E-state index in [1.54, 1.807) is 19.2 Å². The lowest BCUT2D eigenvalue weighted by Gasteiger charge is -2.14. The predicted molar refractivity (Wildman–Crippen MR) is 68.8 cm³/mol. The highest BCUT2D eigenvalue weighted by Gasteiger charge is 2.21. The van der Waals surface area contributed by atoms with E-state index in [0.717, 1.165) is 18.4 Å². The van der Waals surface area contributed by atoms with Crippen LogP contribution >= 0.6 is 0 Å². The Bertz CT molecular complexity index is 415. The summed E-state index contributed by atoms with van der Waals surface area (Å²) in [5.41, 5.74) is 6.63. The largest absolute Gasteiger partial charge is 0.375 e. The van der Waals surface area contributed by atoms with E-state index in [4.69, 9.17) is 10.5 Å². The van der Waals surface area contributed by atoms with Gasteiger partial charge < -0.3 is 15.8 Å². The highest BCUT2D eigenvalue weighted by Crippen LogP contribution is 2.19. The standard InChI is InChI=1S/C13H18FN3O/c1-18-12(9-2-4-10(14)5-3-9)8-16-13(15)17-11-6-7-11/h2-5,11-12H,6-8H2,1H3,(H3,15,16,17). The van der Waals surface area contributed by atoms with E-state index < -0.39 is 0 Å². The zero-order valence-electron chi connectivity index (χ0n) is 10.4. The topological polar surface area (TPSA) is 59.6 Å². The maximum Gasteiger partial charge on any atom is 0.188 e. The number of methoxy groups -OCH3 is 1. The molecule has 1 unspecified atom stereocenters. The van der Waals surface area contributed by atoms with Gasteiger partial charge in [0.25, 0.3) is 0 Å². The lowest BCUT2D eigenvalue weighted by molar-refractivity contribution is 0.111. The lowest BCUT2D eigenvalue weighted by atomic mass is 10.1. The molecule has 1 atom stereocenters. The third kappa shape index (κ3) is 3.70. The fourth-order valence-electron chi connectivity index (χ4n) is 1.66. The fourth-order valence-corrected chi connectivity index (χ4v) is 1.66. The second-order valence-electron chi connectivity index (χ2n) is 4.42. The van der Waals surface area contributed by atoms with Gasteiger partial charge in [0, 0.05) is 13.2 Å². The Kier molecular flexibility index (Phi) is 4.15. The summed E-state index contributed by atoms with van der Waals surface area (Å²) in [6.45, 7) is 0.424. The van der Waals surface area contributed by atoms with Gasteiger partial charge in [0.05, 0.1) is 6.54 Å². The summed E-state index contributed by atoms with van der Waals surface area (Å²) in [4.78, 5) is 4.24. The molecule has 1 aliphatic rings. The van der Waals surface area contributed by atoms with Gasteiger partial charge in [-0.3, -0.25) is 4.99 Å². The lowest BCUT2D eigenvalue weighted by Crippen LogP contribution is -2.33. The molecular weight excluding hydrogens is 233 g/mol. The smallest absolute Gasteiger partial charge is 0.188 e. The minimum absolute atomic E-state index is 0.204. The van der Waals surface area contributed by atoms with E-state index in [9.17, 15) is 4.39 Å². The average Bonchev–Trinajstić information content (AvgIpc) is 3.16. The van der Waals surface area contributed by atoms with Gasteiger partial charge in [0.2, 0.25) is 0 Å². The number of guanidine groups is 1. The fraction of sp³-hybridized carbons (Fsp3) is 0.462. The first-order valence-corrected chi connectivity index (χ1v) is 6.03. The van der Waals surface area contributed by atoms with Crippen LogP contribution in [0.15, 0.2) is 29.3 Å². The SMILES string of the molecule is COC(CN=C(N)NC1CC1)c1ccc(F)cc1. The number of nitrogens with zero attached hydrogens (tertiary/aromatic N) is 1. The van der Waals surface area contributed by atoms with Crippen molar-refractivity contribution < 1.29 is 9.13 Å². The summed E-state index contributed by atoms with van der Waals surface area (Å²) in [7, 11) is 1.61. The van der Waals surface area contributed by atoms with E-state index in [-0.39, 0.29) is 11.9 Å². The molecule has 1 aliphatic carbocycles. The molecule has 1 aromatic rings. The van der Waals surface area contributed by atoms with Crippen molar-refractivity contribution in [1.82, 2.24) is 5.32 Å². The van der Waals surface area contributed by atoms with Crippen molar-refractivity contribution in [2.75, 3.05) is 13.7 Å². The molecule has 0 saturated heterocycles. The van der Waals surface area contributed by atoms with Crippen LogP contribution in [0.4, 0.5) is 4.39 Å². The van der Waals surface area contributed by atoms with E-state index >= 15 is 0 Å². The number of benzene rings is 1. The molecule has 0 amide bonds. The van der Waals surface area contributed by atoms with Crippen LogP contribution in [0.25, 0.3) is 0 Å². The Morgan fingerprint density at radius 1 is 1.50 bits per heavy atom. The highest BCUT2D eigenvalue weighted by atomic mass is 19.1. The summed E-state index contributed by atoms with van der Waals surface area (Å²) in [6.07, 6.45) is 2.11. The van der Waals surface area contributed by atoms with Gasteiger partial charge in [0.15, 0.2) is 5.96 Å². The number of halogens is 1. The molecular formula is C13H18FN3O. The van der Waals surface area contributed by atoms with Crippen molar-refractivity contribution in [2.24, 2.45) is 10.7 Å². The number of rotatable bonds is 5. The number of nitrogens with two attached hydrogens (primary N) is 1. The van der Waals surface area contributed by atoms with Crippen molar-refractivity contribution >= 4 is 5.96 Å². The normalized spacial score (nSPS) is 17.6. The second-order valence-corrected chi connectivity index (χ2v) is 4.42. The molecule has 0 aliphatic heterocycles. The second kappa shape index (κ2) is 5.82. The highest BCUT2D eigenvalue weighted by molar-refractivity contribution is 5.78. The summed E-state index contributed by atoms with van der Waals surface area (Å²) < 4.78 is 18.2. The van der Waals surface area contributed by atoms with Gasteiger partial charge in [-0.05, 0) is 30.5 Å². The molecule has 2 rings (SSSR count). The van der Waals surface area contributed by atoms with E-state index in [2.05, 4.69) is 10.3 Å². The monoisotopic (exact) mass is 251 g/mol. The molecule has 18 heavy (non-hydrogen) atoms. The van der Waals surface area contributed by atoms with Crippen LogP contribution in [-0.2, 0) is 4.74 Å². The Balaban J connectivity index is 1.93. The molecule has 1 fully saturated rings. The quantitative estimate of drug-likeness (QED) is 0.617. The summed E-state index contributed by atoms with van der Waals surface area (Å²) >= 11 is 0. The zero-order chi connectivity index (χ0) is 13.0. The van der Waals surface area contributed by atoms with Gasteiger partial charge in [-0.15, -0.1) is 0 Å². The Morgan fingerprint density at radius 3 is 2.72 bits per heavy atom. The molecule has 1 saturated carbocycles. The van der Waals surface area contributed by atoms with Crippen LogP contribution in [0.5, 0.6) is 0 Å². The maximum atomic E-state index is 12.8. The first-order chi connectivity index (χ1) is 8.69. The van der Waals surface area contributed by atoms with Gasteiger partial charge in [0.1, 0.15) is 11.9 Å². The van der Waals surface area contributed by atoms with Crippen LogP contribution in [0, 0.1) is 5.82 Å². The third-order valence-electron chi connectivity index (χ3n) is 2.88. The first-order valence-electron chi connectivity index (χ1n) is 6.03. The van der Waals surface area contributed by atoms with Crippen LogP contribution < -0.4 is 11.1 Å². The molecule has 0 spiro atoms. The molecule has 0 radical (unpaired) electrons. The number of hydrogen-bond acceptors (Lipinski definition) is 2. The van der Waals surface area contributed by atoms with E-state index in [1.807, 2.05) is 0 Å². The summed E-state index contributed by atoms with van der Waals surface area (Å²) in [5.74, 6) is 0.189. The molecule has 0 bridgehead atoms. The minimum atomic E-state index is -0.257. The molecule has 98 valence electrons. The van der Waals surface area contributed by atoms with Gasteiger partial charge in [-0.25, -0.2) is 4.39 Å². The van der Waals surface area contributed by atoms with E-state index in [1.165, 1.54) is 12.1 Å². The van der Waals surface area contributed by atoms with Crippen LogP contribution in [0.2, 0.25) is 0 Å². The zero-order valence-corrected chi connectivity index (χ0v) is 10.4. The van der Waals surface area contributed by atoms with Crippen LogP contribution in [0.1, 0.15) is 24.5 Å². The van der Waals surface area contributed by atoms with Crippen molar-refractivity contribution in [1.29, 1.82) is 0 Å². The molecule has 0 aromatic heterocycles. The summed E-state index contributed by atoms with van der Waals surface area (Å²) in [5, 5.41) is 3.11. The molecule has 5 heteroatoms. The van der Waals surface area contributed by atoms with Crippen LogP contribution in [-0.4, -0.2) is 25.7 Å². The van der Waals surface area contributed by atoms with Crippen LogP contribution in [0.3, 0.4) is 0 Å². The van der Waals surface area contributed by atoms with Gasteiger partial charge in [-0.2, -0.15) is 0 Å². The van der Waals surface area contributed by atoms with Crippen molar-refractivity contribution in [3.63, 3.8) is 0 Å².